The molecule has 2 heteroatoms. The summed E-state index contributed by atoms with van der Waals surface area (Å²) in [5.41, 5.74) is 0.808. The normalized spacial score (nSPS) is 14.3. The number of rotatable bonds is 9. The van der Waals surface area contributed by atoms with Gasteiger partial charge in [0.2, 0.25) is 0 Å². The molecule has 0 aliphatic carbocycles. The zero-order valence-corrected chi connectivity index (χ0v) is 12.6. The lowest BCUT2D eigenvalue weighted by molar-refractivity contribution is 0.370. The molecule has 0 saturated carbocycles. The van der Waals surface area contributed by atoms with E-state index in [0.717, 1.165) is 12.0 Å². The minimum Gasteiger partial charge on any atom is -0.307 e. The summed E-state index contributed by atoms with van der Waals surface area (Å²) in [5, 5.41) is 3.66. The van der Waals surface area contributed by atoms with Gasteiger partial charge in [0, 0.05) is 17.6 Å². The highest BCUT2D eigenvalue weighted by Gasteiger charge is 2.17. The van der Waals surface area contributed by atoms with Crippen molar-refractivity contribution in [3.63, 3.8) is 0 Å². The van der Waals surface area contributed by atoms with Gasteiger partial charge in [0.15, 0.2) is 0 Å². The molecule has 2 atom stereocenters. The van der Waals surface area contributed by atoms with Crippen LogP contribution in [0.3, 0.4) is 0 Å². The summed E-state index contributed by atoms with van der Waals surface area (Å²) in [7, 11) is 0. The van der Waals surface area contributed by atoms with Crippen LogP contribution in [0.15, 0.2) is 24.3 Å². The summed E-state index contributed by atoms with van der Waals surface area (Å²) in [6, 6.07) is 7.78. The van der Waals surface area contributed by atoms with Crippen molar-refractivity contribution in [2.24, 2.45) is 0 Å². The van der Waals surface area contributed by atoms with E-state index in [1.165, 1.54) is 32.1 Å². The van der Waals surface area contributed by atoms with Crippen LogP contribution < -0.4 is 5.32 Å². The fourth-order valence-corrected chi connectivity index (χ4v) is 2.58. The Labute approximate surface area is 117 Å². The maximum absolute atomic E-state index is 13.9. The van der Waals surface area contributed by atoms with Crippen LogP contribution in [0, 0.1) is 5.82 Å². The molecule has 19 heavy (non-hydrogen) atoms. The summed E-state index contributed by atoms with van der Waals surface area (Å²) in [6.07, 6.45) is 6.92. The van der Waals surface area contributed by atoms with Gasteiger partial charge in [-0.05, 0) is 25.3 Å². The van der Waals surface area contributed by atoms with Crippen molar-refractivity contribution in [1.82, 2.24) is 5.32 Å². The zero-order chi connectivity index (χ0) is 14.1. The van der Waals surface area contributed by atoms with Crippen molar-refractivity contribution in [1.29, 1.82) is 0 Å². The predicted molar refractivity (Wildman–Crippen MR) is 80.8 cm³/mol. The molecule has 1 aromatic carbocycles. The zero-order valence-electron chi connectivity index (χ0n) is 12.6. The van der Waals surface area contributed by atoms with E-state index in [2.05, 4.69) is 26.1 Å². The molecule has 0 bridgehead atoms. The Hall–Kier alpha value is -0.890. The molecule has 1 rings (SSSR count). The minimum absolute atomic E-state index is 0.0902. The lowest BCUT2D eigenvalue weighted by Gasteiger charge is -2.25. The van der Waals surface area contributed by atoms with Crippen LogP contribution in [0.4, 0.5) is 4.39 Å². The molecule has 0 amide bonds. The molecule has 2 unspecified atom stereocenters. The Morgan fingerprint density at radius 1 is 1.05 bits per heavy atom. The Morgan fingerprint density at radius 3 is 2.37 bits per heavy atom. The Balaban J connectivity index is 2.70. The van der Waals surface area contributed by atoms with Gasteiger partial charge in [-0.25, -0.2) is 4.39 Å². The summed E-state index contributed by atoms with van der Waals surface area (Å²) in [6.45, 7) is 6.55. The minimum atomic E-state index is -0.0902. The van der Waals surface area contributed by atoms with Gasteiger partial charge in [-0.15, -0.1) is 0 Å². The first kappa shape index (κ1) is 16.2. The smallest absolute Gasteiger partial charge is 0.127 e. The molecule has 0 fully saturated rings. The van der Waals surface area contributed by atoms with Crippen molar-refractivity contribution < 1.29 is 4.39 Å². The number of halogens is 1. The number of unbranched alkanes of at least 4 members (excludes halogenated alkanes) is 1. The Kier molecular flexibility index (Phi) is 7.73. The number of benzene rings is 1. The van der Waals surface area contributed by atoms with Crippen LogP contribution in [0.25, 0.3) is 0 Å². The lowest BCUT2D eigenvalue weighted by Crippen LogP contribution is -2.33. The molecule has 0 heterocycles. The molecule has 0 spiro atoms. The van der Waals surface area contributed by atoms with Gasteiger partial charge >= 0.3 is 0 Å². The van der Waals surface area contributed by atoms with E-state index in [1.54, 1.807) is 12.1 Å². The molecule has 0 aliphatic heterocycles. The summed E-state index contributed by atoms with van der Waals surface area (Å²) in [4.78, 5) is 0. The largest absolute Gasteiger partial charge is 0.307 e. The van der Waals surface area contributed by atoms with Crippen LogP contribution in [0.1, 0.15) is 70.9 Å². The quantitative estimate of drug-likeness (QED) is 0.645. The van der Waals surface area contributed by atoms with Crippen molar-refractivity contribution in [3.8, 4) is 0 Å². The van der Waals surface area contributed by atoms with E-state index in [1.807, 2.05) is 12.1 Å². The molecular weight excluding hydrogens is 237 g/mol. The first-order chi connectivity index (χ1) is 9.22. The van der Waals surface area contributed by atoms with Crippen molar-refractivity contribution in [2.45, 2.75) is 71.4 Å². The SMILES string of the molecule is CCCCC(CCC)NC(CC)c1ccccc1F. The molecule has 1 N–H and O–H groups in total. The fraction of sp³-hybridized carbons (Fsp3) is 0.647. The van der Waals surface area contributed by atoms with Gasteiger partial charge in [-0.3, -0.25) is 0 Å². The summed E-state index contributed by atoms with van der Waals surface area (Å²) in [5.74, 6) is -0.0902. The molecule has 0 aliphatic rings. The van der Waals surface area contributed by atoms with E-state index in [-0.39, 0.29) is 11.9 Å². The monoisotopic (exact) mass is 265 g/mol. The van der Waals surface area contributed by atoms with Gasteiger partial charge < -0.3 is 5.32 Å². The van der Waals surface area contributed by atoms with E-state index in [0.29, 0.717) is 6.04 Å². The van der Waals surface area contributed by atoms with E-state index in [4.69, 9.17) is 0 Å². The summed E-state index contributed by atoms with van der Waals surface area (Å²) >= 11 is 0. The summed E-state index contributed by atoms with van der Waals surface area (Å²) < 4.78 is 13.9. The van der Waals surface area contributed by atoms with E-state index >= 15 is 0 Å². The van der Waals surface area contributed by atoms with E-state index < -0.39 is 0 Å². The van der Waals surface area contributed by atoms with Crippen molar-refractivity contribution in [2.75, 3.05) is 0 Å². The van der Waals surface area contributed by atoms with Crippen LogP contribution >= 0.6 is 0 Å². The van der Waals surface area contributed by atoms with Crippen LogP contribution in [0.5, 0.6) is 0 Å². The molecule has 0 radical (unpaired) electrons. The predicted octanol–water partition coefficient (Wildman–Crippen LogP) is 5.23. The van der Waals surface area contributed by atoms with Crippen LogP contribution in [0.2, 0.25) is 0 Å². The first-order valence-corrected chi connectivity index (χ1v) is 7.73. The highest BCUT2D eigenvalue weighted by molar-refractivity contribution is 5.21. The standard InChI is InChI=1S/C17H28FN/c1-4-7-11-14(10-5-2)19-17(6-3)15-12-8-9-13-16(15)18/h8-9,12-14,17,19H,4-7,10-11H2,1-3H3. The fourth-order valence-electron chi connectivity index (χ4n) is 2.58. The maximum atomic E-state index is 13.9. The van der Waals surface area contributed by atoms with Crippen molar-refractivity contribution >= 4 is 0 Å². The molecule has 1 aromatic rings. The Morgan fingerprint density at radius 2 is 1.79 bits per heavy atom. The third kappa shape index (κ3) is 5.32. The maximum Gasteiger partial charge on any atom is 0.127 e. The highest BCUT2D eigenvalue weighted by atomic mass is 19.1. The van der Waals surface area contributed by atoms with Crippen LogP contribution in [-0.4, -0.2) is 6.04 Å². The number of nitrogens with one attached hydrogen (secondary N) is 1. The highest BCUT2D eigenvalue weighted by Crippen LogP contribution is 2.22. The molecule has 108 valence electrons. The van der Waals surface area contributed by atoms with Gasteiger partial charge in [0.1, 0.15) is 5.82 Å². The second-order valence-electron chi connectivity index (χ2n) is 5.28. The topological polar surface area (TPSA) is 12.0 Å². The molecule has 1 nitrogen and oxygen atoms in total. The molecule has 0 saturated heterocycles. The Bertz CT molecular complexity index is 351. The number of hydrogen-bond acceptors (Lipinski definition) is 1. The molecule has 0 aromatic heterocycles. The van der Waals surface area contributed by atoms with Gasteiger partial charge in [-0.2, -0.15) is 0 Å². The van der Waals surface area contributed by atoms with E-state index in [9.17, 15) is 4.39 Å². The molecular formula is C17H28FN. The average Bonchev–Trinajstić information content (AvgIpc) is 2.43. The van der Waals surface area contributed by atoms with Gasteiger partial charge in [-0.1, -0.05) is 58.2 Å². The van der Waals surface area contributed by atoms with Gasteiger partial charge in [0.05, 0.1) is 0 Å². The lowest BCUT2D eigenvalue weighted by atomic mass is 9.99. The van der Waals surface area contributed by atoms with Crippen molar-refractivity contribution in [3.05, 3.63) is 35.6 Å². The van der Waals surface area contributed by atoms with Gasteiger partial charge in [0.25, 0.3) is 0 Å². The average molecular weight is 265 g/mol. The first-order valence-electron chi connectivity index (χ1n) is 7.73. The second kappa shape index (κ2) is 9.08. The third-order valence-electron chi connectivity index (χ3n) is 3.67. The van der Waals surface area contributed by atoms with Crippen LogP contribution in [-0.2, 0) is 0 Å². The third-order valence-corrected chi connectivity index (χ3v) is 3.67. The number of hydrogen-bond donors (Lipinski definition) is 1. The second-order valence-corrected chi connectivity index (χ2v) is 5.28.